The molecule has 0 atom stereocenters. The number of carbonyl (C=O) groups excluding carboxylic acids is 1. The summed E-state index contributed by atoms with van der Waals surface area (Å²) in [6, 6.07) is 15.5. The number of para-hydroxylation sites is 1. The highest BCUT2D eigenvalue weighted by Gasteiger charge is 2.08. The maximum atomic E-state index is 12.1. The van der Waals surface area contributed by atoms with E-state index in [0.29, 0.717) is 26.2 Å². The molecule has 0 aliphatic rings. The molecule has 1 amide bonds. The number of hydrogen-bond donors (Lipinski definition) is 2. The molecule has 5 heteroatoms. The summed E-state index contributed by atoms with van der Waals surface area (Å²) in [7, 11) is 0. The number of rotatable bonds is 8. The van der Waals surface area contributed by atoms with Crippen molar-refractivity contribution in [1.29, 1.82) is 0 Å². The largest absolute Gasteiger partial charge is 0.494 e. The lowest BCUT2D eigenvalue weighted by atomic mass is 10.1. The van der Waals surface area contributed by atoms with Gasteiger partial charge in [0.15, 0.2) is 0 Å². The Hall–Kier alpha value is -2.95. The van der Waals surface area contributed by atoms with Crippen LogP contribution in [0.4, 0.5) is 0 Å². The molecule has 0 aliphatic heterocycles. The van der Waals surface area contributed by atoms with Crippen LogP contribution < -0.4 is 14.8 Å². The Morgan fingerprint density at radius 2 is 1.88 bits per heavy atom. The molecule has 2 aromatic carbocycles. The fourth-order valence-electron chi connectivity index (χ4n) is 2.69. The smallest absolute Gasteiger partial charge is 0.224 e. The fourth-order valence-corrected chi connectivity index (χ4v) is 2.69. The van der Waals surface area contributed by atoms with Crippen LogP contribution in [0.3, 0.4) is 0 Å². The molecule has 3 aromatic rings. The molecular formula is C20H22N2O3. The second-order valence-corrected chi connectivity index (χ2v) is 5.64. The van der Waals surface area contributed by atoms with Gasteiger partial charge in [0, 0.05) is 23.2 Å². The lowest BCUT2D eigenvalue weighted by molar-refractivity contribution is -0.120. The van der Waals surface area contributed by atoms with E-state index in [4.69, 9.17) is 9.47 Å². The topological polar surface area (TPSA) is 63.4 Å². The number of nitrogens with one attached hydrogen (secondary N) is 2. The zero-order chi connectivity index (χ0) is 17.5. The number of hydrogen-bond acceptors (Lipinski definition) is 3. The van der Waals surface area contributed by atoms with Crippen molar-refractivity contribution >= 4 is 16.8 Å². The van der Waals surface area contributed by atoms with Gasteiger partial charge in [-0.3, -0.25) is 4.79 Å². The van der Waals surface area contributed by atoms with Crippen LogP contribution in [-0.2, 0) is 11.2 Å². The molecular weight excluding hydrogens is 316 g/mol. The van der Waals surface area contributed by atoms with Gasteiger partial charge in [0.1, 0.15) is 18.1 Å². The molecule has 25 heavy (non-hydrogen) atoms. The van der Waals surface area contributed by atoms with E-state index in [2.05, 4.69) is 10.3 Å². The second kappa shape index (κ2) is 8.24. The van der Waals surface area contributed by atoms with E-state index < -0.39 is 0 Å². The standard InChI is InChI=1S/C20H22N2O3/c1-2-24-16-6-5-7-17(13-16)25-11-10-21-20(23)12-15-14-22-19-9-4-3-8-18(15)19/h3-9,13-14,22H,2,10-12H2,1H3,(H,21,23). The highest BCUT2D eigenvalue weighted by atomic mass is 16.5. The minimum Gasteiger partial charge on any atom is -0.494 e. The van der Waals surface area contributed by atoms with Crippen molar-refractivity contribution in [2.24, 2.45) is 0 Å². The Morgan fingerprint density at radius 1 is 1.08 bits per heavy atom. The Bertz CT molecular complexity index is 842. The van der Waals surface area contributed by atoms with Crippen LogP contribution in [0.5, 0.6) is 11.5 Å². The molecule has 0 spiro atoms. The molecule has 5 nitrogen and oxygen atoms in total. The molecule has 0 unspecified atom stereocenters. The highest BCUT2D eigenvalue weighted by molar-refractivity contribution is 5.88. The summed E-state index contributed by atoms with van der Waals surface area (Å²) in [4.78, 5) is 15.3. The Kier molecular flexibility index (Phi) is 5.57. The van der Waals surface area contributed by atoms with Gasteiger partial charge in [0.2, 0.25) is 5.91 Å². The van der Waals surface area contributed by atoms with Crippen molar-refractivity contribution in [3.63, 3.8) is 0 Å². The summed E-state index contributed by atoms with van der Waals surface area (Å²) >= 11 is 0. The van der Waals surface area contributed by atoms with Crippen LogP contribution in [-0.4, -0.2) is 30.6 Å². The van der Waals surface area contributed by atoms with Crippen molar-refractivity contribution in [3.8, 4) is 11.5 Å². The number of aromatic amines is 1. The van der Waals surface area contributed by atoms with Gasteiger partial charge in [-0.05, 0) is 30.7 Å². The van der Waals surface area contributed by atoms with Crippen molar-refractivity contribution < 1.29 is 14.3 Å². The first kappa shape index (κ1) is 16.9. The molecule has 0 radical (unpaired) electrons. The summed E-state index contributed by atoms with van der Waals surface area (Å²) in [5.41, 5.74) is 2.04. The van der Waals surface area contributed by atoms with Crippen LogP contribution in [0.2, 0.25) is 0 Å². The van der Waals surface area contributed by atoms with E-state index in [-0.39, 0.29) is 5.91 Å². The number of amides is 1. The van der Waals surface area contributed by atoms with Gasteiger partial charge in [-0.15, -0.1) is 0 Å². The van der Waals surface area contributed by atoms with Crippen molar-refractivity contribution in [1.82, 2.24) is 10.3 Å². The maximum Gasteiger partial charge on any atom is 0.224 e. The number of benzene rings is 2. The number of ether oxygens (including phenoxy) is 2. The Balaban J connectivity index is 1.44. The van der Waals surface area contributed by atoms with Crippen molar-refractivity contribution in [2.75, 3.05) is 19.8 Å². The predicted molar refractivity (Wildman–Crippen MR) is 98.1 cm³/mol. The minimum atomic E-state index is -0.0172. The normalized spacial score (nSPS) is 10.6. The van der Waals surface area contributed by atoms with Crippen LogP contribution in [0.1, 0.15) is 12.5 Å². The van der Waals surface area contributed by atoms with Gasteiger partial charge in [-0.1, -0.05) is 24.3 Å². The number of H-pyrrole nitrogens is 1. The average molecular weight is 338 g/mol. The Labute approximate surface area is 147 Å². The van der Waals surface area contributed by atoms with Crippen LogP contribution in [0.25, 0.3) is 10.9 Å². The quantitative estimate of drug-likeness (QED) is 0.620. The van der Waals surface area contributed by atoms with E-state index in [9.17, 15) is 4.79 Å². The van der Waals surface area contributed by atoms with E-state index in [0.717, 1.165) is 28.0 Å². The molecule has 130 valence electrons. The molecule has 0 saturated heterocycles. The Morgan fingerprint density at radius 3 is 2.72 bits per heavy atom. The average Bonchev–Trinajstić information content (AvgIpc) is 3.03. The first-order chi connectivity index (χ1) is 12.3. The first-order valence-corrected chi connectivity index (χ1v) is 8.43. The predicted octanol–water partition coefficient (Wildman–Crippen LogP) is 3.30. The molecule has 2 N–H and O–H groups in total. The van der Waals surface area contributed by atoms with E-state index in [1.165, 1.54) is 0 Å². The monoisotopic (exact) mass is 338 g/mol. The second-order valence-electron chi connectivity index (χ2n) is 5.64. The lowest BCUT2D eigenvalue weighted by Gasteiger charge is -2.09. The van der Waals surface area contributed by atoms with Gasteiger partial charge in [0.05, 0.1) is 19.6 Å². The third-order valence-electron chi connectivity index (χ3n) is 3.84. The molecule has 0 aliphatic carbocycles. The molecule has 1 aromatic heterocycles. The number of fused-ring (bicyclic) bond motifs is 1. The summed E-state index contributed by atoms with van der Waals surface area (Å²) in [6.45, 7) is 3.43. The van der Waals surface area contributed by atoms with Crippen molar-refractivity contribution in [3.05, 3.63) is 60.3 Å². The van der Waals surface area contributed by atoms with Crippen LogP contribution in [0.15, 0.2) is 54.7 Å². The zero-order valence-electron chi connectivity index (χ0n) is 14.2. The molecule has 0 saturated carbocycles. The van der Waals surface area contributed by atoms with Crippen molar-refractivity contribution in [2.45, 2.75) is 13.3 Å². The third-order valence-corrected chi connectivity index (χ3v) is 3.84. The molecule has 1 heterocycles. The van der Waals surface area contributed by atoms with Gasteiger partial charge < -0.3 is 19.8 Å². The summed E-state index contributed by atoms with van der Waals surface area (Å²) < 4.78 is 11.1. The first-order valence-electron chi connectivity index (χ1n) is 8.43. The van der Waals surface area contributed by atoms with E-state index in [1.54, 1.807) is 0 Å². The highest BCUT2D eigenvalue weighted by Crippen LogP contribution is 2.19. The van der Waals surface area contributed by atoms with E-state index >= 15 is 0 Å². The number of aromatic nitrogens is 1. The SMILES string of the molecule is CCOc1cccc(OCCNC(=O)Cc2c[nH]c3ccccc23)c1. The van der Waals surface area contributed by atoms with Gasteiger partial charge >= 0.3 is 0 Å². The van der Waals surface area contributed by atoms with Crippen LogP contribution >= 0.6 is 0 Å². The van der Waals surface area contributed by atoms with Gasteiger partial charge in [-0.25, -0.2) is 0 Å². The minimum absolute atomic E-state index is 0.0172. The zero-order valence-corrected chi connectivity index (χ0v) is 14.2. The third kappa shape index (κ3) is 4.53. The summed E-state index contributed by atoms with van der Waals surface area (Å²) in [6.07, 6.45) is 2.24. The molecule has 0 fully saturated rings. The lowest BCUT2D eigenvalue weighted by Crippen LogP contribution is -2.29. The fraction of sp³-hybridized carbons (Fsp3) is 0.250. The van der Waals surface area contributed by atoms with E-state index in [1.807, 2.05) is 61.7 Å². The maximum absolute atomic E-state index is 12.1. The summed E-state index contributed by atoms with van der Waals surface area (Å²) in [5, 5.41) is 3.97. The molecule has 3 rings (SSSR count). The number of carbonyl (C=O) groups is 1. The van der Waals surface area contributed by atoms with Gasteiger partial charge in [0.25, 0.3) is 0 Å². The van der Waals surface area contributed by atoms with Gasteiger partial charge in [-0.2, -0.15) is 0 Å². The molecule has 0 bridgehead atoms. The van der Waals surface area contributed by atoms with Crippen LogP contribution in [0, 0.1) is 0 Å². The summed E-state index contributed by atoms with van der Waals surface area (Å²) in [5.74, 6) is 1.50.